The largest absolute Gasteiger partial charge is 0.461 e. The quantitative estimate of drug-likeness (QED) is 0.270. The summed E-state index contributed by atoms with van der Waals surface area (Å²) >= 11 is 0. The Balaban J connectivity index is 1.57. The third-order valence-corrected chi connectivity index (χ3v) is 8.54. The Morgan fingerprint density at radius 2 is 1.92 bits per heavy atom. The number of amides is 2. The van der Waals surface area contributed by atoms with Gasteiger partial charge in [0.2, 0.25) is 5.91 Å². The summed E-state index contributed by atoms with van der Waals surface area (Å²) in [7, 11) is 0. The lowest BCUT2D eigenvalue weighted by molar-refractivity contribution is -0.158. The number of ether oxygens (including phenoxy) is 2. The average molecular weight is 533 g/mol. The molecule has 1 N–H and O–H groups in total. The topological polar surface area (TPSA) is 96.4 Å². The smallest absolute Gasteiger partial charge is 0.313 e. The van der Waals surface area contributed by atoms with Gasteiger partial charge in [-0.1, -0.05) is 49.1 Å². The molecule has 39 heavy (non-hydrogen) atoms. The maximum absolute atomic E-state index is 14.6. The molecule has 3 fully saturated rings. The number of aliphatic hydroxyl groups is 1. The Labute approximate surface area is 228 Å². The number of rotatable bonds is 11. The summed E-state index contributed by atoms with van der Waals surface area (Å²) < 4.78 is 12.1. The predicted octanol–water partition coefficient (Wildman–Crippen LogP) is 3.63. The highest BCUT2D eigenvalue weighted by Gasteiger charge is 2.78. The maximum Gasteiger partial charge on any atom is 0.313 e. The van der Waals surface area contributed by atoms with E-state index in [2.05, 4.69) is 13.2 Å². The highest BCUT2D eigenvalue weighted by molar-refractivity contribution is 6.05. The molecule has 2 bridgehead atoms. The number of carbonyl (C=O) groups is 3. The van der Waals surface area contributed by atoms with Crippen LogP contribution in [0.5, 0.6) is 0 Å². The molecule has 0 aliphatic carbocycles. The van der Waals surface area contributed by atoms with Crippen LogP contribution in [0.3, 0.4) is 0 Å². The summed E-state index contributed by atoms with van der Waals surface area (Å²) in [5.41, 5.74) is -1.35. The zero-order valence-corrected chi connectivity index (χ0v) is 22.4. The van der Waals surface area contributed by atoms with E-state index in [1.165, 1.54) is 6.08 Å². The summed E-state index contributed by atoms with van der Waals surface area (Å²) in [5.74, 6) is -2.68. The first-order valence-electron chi connectivity index (χ1n) is 13.6. The van der Waals surface area contributed by atoms with Gasteiger partial charge in [-0.15, -0.1) is 6.58 Å². The van der Waals surface area contributed by atoms with Crippen LogP contribution in [0.15, 0.2) is 67.8 Å². The molecule has 2 amide bonds. The van der Waals surface area contributed by atoms with Gasteiger partial charge in [0, 0.05) is 25.4 Å². The van der Waals surface area contributed by atoms with Crippen molar-refractivity contribution in [2.45, 2.75) is 49.9 Å². The van der Waals surface area contributed by atoms with Crippen molar-refractivity contribution in [3.05, 3.63) is 67.8 Å². The number of hydrogen-bond acceptors (Lipinski definition) is 6. The molecular weight excluding hydrogens is 496 g/mol. The van der Waals surface area contributed by atoms with Crippen LogP contribution in [0.25, 0.3) is 10.8 Å². The number of fused-ring (bicyclic) bond motifs is 2. The van der Waals surface area contributed by atoms with Crippen molar-refractivity contribution < 1.29 is 29.0 Å². The molecule has 0 aromatic heterocycles. The standard InChI is InChI=1S/C31H36N2O6/c1-4-16-32(23-13-12-21-10-6-7-11-22(21)20-23)28(36)26-31-15-14-30(3,39-31)25(29(37)38-19-5-2)24(31)27(35)33(26)17-8-9-18-34/h4-7,10-13,20,24-26,34H,1-2,8-9,14-19H2,3H3/t24-,25-,26?,30+,31?/m0/s1. The number of likely N-dealkylation sites (tertiary alicyclic amines) is 1. The third-order valence-electron chi connectivity index (χ3n) is 8.54. The average Bonchev–Trinajstić information content (AvgIpc) is 3.50. The van der Waals surface area contributed by atoms with Gasteiger partial charge in [0.15, 0.2) is 0 Å². The van der Waals surface area contributed by atoms with E-state index in [1.54, 1.807) is 15.9 Å². The van der Waals surface area contributed by atoms with Crippen molar-refractivity contribution in [1.82, 2.24) is 4.90 Å². The first-order chi connectivity index (χ1) is 18.8. The second-order valence-corrected chi connectivity index (χ2v) is 10.9. The lowest BCUT2D eigenvalue weighted by atomic mass is 9.66. The molecule has 1 spiro atoms. The molecular formula is C31H36N2O6. The molecule has 0 saturated carbocycles. The Morgan fingerprint density at radius 1 is 1.15 bits per heavy atom. The van der Waals surface area contributed by atoms with Gasteiger partial charge in [-0.3, -0.25) is 14.4 Å². The van der Waals surface area contributed by atoms with E-state index >= 15 is 0 Å². The molecule has 8 nitrogen and oxygen atoms in total. The second-order valence-electron chi connectivity index (χ2n) is 10.9. The number of aliphatic hydroxyl groups excluding tert-OH is 1. The third kappa shape index (κ3) is 4.36. The number of anilines is 1. The van der Waals surface area contributed by atoms with E-state index in [-0.39, 0.29) is 38.1 Å². The van der Waals surface area contributed by atoms with Crippen molar-refractivity contribution in [3.63, 3.8) is 0 Å². The van der Waals surface area contributed by atoms with E-state index in [1.807, 2.05) is 49.4 Å². The first kappa shape index (κ1) is 27.1. The Hall–Kier alpha value is -3.49. The van der Waals surface area contributed by atoms with Crippen LogP contribution in [0.1, 0.15) is 32.6 Å². The van der Waals surface area contributed by atoms with E-state index in [9.17, 15) is 19.5 Å². The Morgan fingerprint density at radius 3 is 2.64 bits per heavy atom. The van der Waals surface area contributed by atoms with Crippen LogP contribution in [0.4, 0.5) is 5.69 Å². The fourth-order valence-corrected chi connectivity index (χ4v) is 6.87. The van der Waals surface area contributed by atoms with E-state index < -0.39 is 35.0 Å². The Bertz CT molecular complexity index is 1310. The first-order valence-corrected chi connectivity index (χ1v) is 13.6. The van der Waals surface area contributed by atoms with Crippen molar-refractivity contribution >= 4 is 34.2 Å². The fourth-order valence-electron chi connectivity index (χ4n) is 6.87. The van der Waals surface area contributed by atoms with Crippen LogP contribution < -0.4 is 4.90 Å². The number of benzene rings is 2. The van der Waals surface area contributed by atoms with Gasteiger partial charge in [0.1, 0.15) is 24.2 Å². The minimum absolute atomic E-state index is 0.0139. The van der Waals surface area contributed by atoms with E-state index in [4.69, 9.17) is 9.47 Å². The molecule has 2 aromatic carbocycles. The molecule has 206 valence electrons. The molecule has 2 aromatic rings. The number of nitrogens with zero attached hydrogens (tertiary/aromatic N) is 2. The van der Waals surface area contributed by atoms with Crippen molar-refractivity contribution in [2.24, 2.45) is 11.8 Å². The summed E-state index contributed by atoms with van der Waals surface area (Å²) in [5, 5.41) is 11.4. The summed E-state index contributed by atoms with van der Waals surface area (Å²) in [6, 6.07) is 12.8. The van der Waals surface area contributed by atoms with Gasteiger partial charge in [-0.05, 0) is 55.5 Å². The molecule has 8 heteroatoms. The zero-order chi connectivity index (χ0) is 27.8. The number of carbonyl (C=O) groups excluding carboxylic acids is 3. The van der Waals surface area contributed by atoms with Crippen molar-refractivity contribution in [2.75, 3.05) is 31.2 Å². The van der Waals surface area contributed by atoms with Gasteiger partial charge in [-0.2, -0.15) is 0 Å². The molecule has 3 aliphatic heterocycles. The van der Waals surface area contributed by atoms with Crippen LogP contribution >= 0.6 is 0 Å². The van der Waals surface area contributed by atoms with Crippen molar-refractivity contribution in [1.29, 1.82) is 0 Å². The minimum atomic E-state index is -1.14. The van der Waals surface area contributed by atoms with Gasteiger partial charge < -0.3 is 24.4 Å². The van der Waals surface area contributed by atoms with Crippen LogP contribution in [-0.4, -0.2) is 71.3 Å². The molecule has 3 saturated heterocycles. The molecule has 3 aliphatic rings. The molecule has 0 radical (unpaired) electrons. The van der Waals surface area contributed by atoms with Gasteiger partial charge >= 0.3 is 5.97 Å². The summed E-state index contributed by atoms with van der Waals surface area (Å²) in [6.07, 6.45) is 5.19. The van der Waals surface area contributed by atoms with Gasteiger partial charge in [-0.25, -0.2) is 0 Å². The minimum Gasteiger partial charge on any atom is -0.461 e. The number of hydrogen-bond donors (Lipinski definition) is 1. The molecule has 2 unspecified atom stereocenters. The number of unbranched alkanes of at least 4 members (excludes halogenated alkanes) is 1. The molecule has 5 atom stereocenters. The predicted molar refractivity (Wildman–Crippen MR) is 148 cm³/mol. The van der Waals surface area contributed by atoms with Crippen LogP contribution in [0.2, 0.25) is 0 Å². The van der Waals surface area contributed by atoms with Gasteiger partial charge in [0.25, 0.3) is 5.91 Å². The highest BCUT2D eigenvalue weighted by atomic mass is 16.6. The molecule has 5 rings (SSSR count). The van der Waals surface area contributed by atoms with Crippen LogP contribution in [-0.2, 0) is 23.9 Å². The SMILES string of the molecule is C=CCOC(=O)[C@@H]1[C@H]2C(=O)N(CCCCO)C(C(=O)N(CC=C)c3ccc4ccccc4c3)C23CC[C@@]1(C)O3. The molecule has 3 heterocycles. The van der Waals surface area contributed by atoms with Crippen molar-refractivity contribution in [3.8, 4) is 0 Å². The van der Waals surface area contributed by atoms with E-state index in [0.717, 1.165) is 10.8 Å². The second kappa shape index (κ2) is 10.6. The fraction of sp³-hybridized carbons (Fsp3) is 0.452. The lowest BCUT2D eigenvalue weighted by Crippen LogP contribution is -2.56. The summed E-state index contributed by atoms with van der Waals surface area (Å²) in [6.45, 7) is 9.89. The normalized spacial score (nSPS) is 28.9. The maximum atomic E-state index is 14.6. The van der Waals surface area contributed by atoms with E-state index in [0.29, 0.717) is 31.4 Å². The summed E-state index contributed by atoms with van der Waals surface area (Å²) in [4.78, 5) is 45.1. The highest BCUT2D eigenvalue weighted by Crippen LogP contribution is 2.63. The lowest BCUT2D eigenvalue weighted by Gasteiger charge is -2.37. The Kier molecular flexibility index (Phi) is 7.35. The van der Waals surface area contributed by atoms with Gasteiger partial charge in [0.05, 0.1) is 11.5 Å². The number of esters is 1. The zero-order valence-electron chi connectivity index (χ0n) is 22.4. The van der Waals surface area contributed by atoms with Crippen LogP contribution in [0, 0.1) is 11.8 Å². The monoisotopic (exact) mass is 532 g/mol.